The number of fused-ring (bicyclic) bond motifs is 1. The molecule has 3 rings (SSSR count). The SMILES string of the molecule is CCNC(=O)N1CCc2cnc(C(=O)Nc3cccc(C(=N)N(C=N)C(C)CO)n3)cc2C1. The van der Waals surface area contributed by atoms with Crippen LogP contribution >= 0.6 is 0 Å². The Morgan fingerprint density at radius 3 is 2.82 bits per heavy atom. The number of nitrogens with zero attached hydrogens (tertiary/aromatic N) is 4. The van der Waals surface area contributed by atoms with Gasteiger partial charge in [0.25, 0.3) is 5.91 Å². The van der Waals surface area contributed by atoms with Gasteiger partial charge in [0.05, 0.1) is 19.0 Å². The maximum absolute atomic E-state index is 12.8. The first kappa shape index (κ1) is 23.8. The molecular weight excluding hydrogens is 424 g/mol. The molecule has 0 saturated heterocycles. The third kappa shape index (κ3) is 5.50. The molecule has 11 heteroatoms. The molecule has 0 spiro atoms. The third-order valence-electron chi connectivity index (χ3n) is 5.31. The lowest BCUT2D eigenvalue weighted by Gasteiger charge is -2.28. The monoisotopic (exact) mass is 452 g/mol. The fraction of sp³-hybridized carbons (Fsp3) is 0.364. The van der Waals surface area contributed by atoms with Crippen LogP contribution in [-0.2, 0) is 13.0 Å². The Hall–Kier alpha value is -3.86. The van der Waals surface area contributed by atoms with Gasteiger partial charge in [0.15, 0.2) is 5.84 Å². The number of aliphatic hydroxyl groups excluding tert-OH is 1. The fourth-order valence-electron chi connectivity index (χ4n) is 3.45. The first-order valence-electron chi connectivity index (χ1n) is 10.7. The van der Waals surface area contributed by atoms with Crippen molar-refractivity contribution in [1.82, 2.24) is 25.1 Å². The maximum Gasteiger partial charge on any atom is 0.317 e. The summed E-state index contributed by atoms with van der Waals surface area (Å²) in [6, 6.07) is 5.90. The van der Waals surface area contributed by atoms with Crippen molar-refractivity contribution >= 4 is 29.9 Å². The number of anilines is 1. The molecule has 1 aliphatic heterocycles. The van der Waals surface area contributed by atoms with E-state index in [1.54, 1.807) is 42.3 Å². The van der Waals surface area contributed by atoms with Crippen molar-refractivity contribution in [2.75, 3.05) is 25.0 Å². The van der Waals surface area contributed by atoms with Gasteiger partial charge in [-0.3, -0.25) is 20.6 Å². The minimum absolute atomic E-state index is 0.0694. The number of rotatable bonds is 7. The van der Waals surface area contributed by atoms with Gasteiger partial charge >= 0.3 is 6.03 Å². The molecule has 174 valence electrons. The average molecular weight is 453 g/mol. The molecule has 1 atom stereocenters. The van der Waals surface area contributed by atoms with Crippen LogP contribution in [0.1, 0.15) is 41.2 Å². The third-order valence-corrected chi connectivity index (χ3v) is 5.31. The highest BCUT2D eigenvalue weighted by molar-refractivity contribution is 6.04. The standard InChI is InChI=1S/C22H28N8O3/c1-3-25-22(33)29-8-7-15-10-26-18(9-16(15)11-29)21(32)28-19-6-4-5-17(27-19)20(24)30(13-23)14(2)12-31/h4-6,9-10,13-14,23-24,31H,3,7-8,11-12H2,1-2H3,(H,25,33)(H,27,28,32). The van der Waals surface area contributed by atoms with Crippen molar-refractivity contribution in [3.63, 3.8) is 0 Å². The topological polar surface area (TPSA) is 158 Å². The molecular formula is C22H28N8O3. The normalized spacial score (nSPS) is 13.5. The Bertz CT molecular complexity index is 1060. The Morgan fingerprint density at radius 2 is 2.12 bits per heavy atom. The minimum atomic E-state index is -0.464. The van der Waals surface area contributed by atoms with E-state index in [0.717, 1.165) is 17.5 Å². The lowest BCUT2D eigenvalue weighted by molar-refractivity contribution is 0.102. The largest absolute Gasteiger partial charge is 0.394 e. The van der Waals surface area contributed by atoms with Gasteiger partial charge in [-0.15, -0.1) is 0 Å². The van der Waals surface area contributed by atoms with Crippen LogP contribution in [0.15, 0.2) is 30.5 Å². The maximum atomic E-state index is 12.8. The summed E-state index contributed by atoms with van der Waals surface area (Å²) < 4.78 is 0. The Kier molecular flexibility index (Phi) is 7.67. The molecule has 3 amide bonds. The number of aromatic nitrogens is 2. The molecule has 11 nitrogen and oxygen atoms in total. The van der Waals surface area contributed by atoms with E-state index in [1.807, 2.05) is 6.92 Å². The molecule has 0 aliphatic carbocycles. The summed E-state index contributed by atoms with van der Waals surface area (Å²) in [6.07, 6.45) is 3.29. The smallest absolute Gasteiger partial charge is 0.317 e. The Morgan fingerprint density at radius 1 is 1.33 bits per heavy atom. The van der Waals surface area contributed by atoms with Gasteiger partial charge in [0.2, 0.25) is 0 Å². The van der Waals surface area contributed by atoms with Crippen molar-refractivity contribution in [3.05, 3.63) is 53.0 Å². The van der Waals surface area contributed by atoms with E-state index in [2.05, 4.69) is 20.6 Å². The van der Waals surface area contributed by atoms with E-state index in [9.17, 15) is 14.7 Å². The minimum Gasteiger partial charge on any atom is -0.394 e. The molecule has 0 radical (unpaired) electrons. The van der Waals surface area contributed by atoms with Crippen LogP contribution in [0.3, 0.4) is 0 Å². The van der Waals surface area contributed by atoms with Gasteiger partial charge in [0.1, 0.15) is 17.2 Å². The zero-order valence-electron chi connectivity index (χ0n) is 18.6. The molecule has 0 bridgehead atoms. The van der Waals surface area contributed by atoms with Crippen molar-refractivity contribution < 1.29 is 14.7 Å². The summed E-state index contributed by atoms with van der Waals surface area (Å²) in [6.45, 7) is 4.86. The lowest BCUT2D eigenvalue weighted by Crippen LogP contribution is -2.42. The predicted octanol–water partition coefficient (Wildman–Crippen LogP) is 1.43. The number of nitrogens with one attached hydrogen (secondary N) is 4. The molecule has 0 aromatic carbocycles. The zero-order valence-corrected chi connectivity index (χ0v) is 18.6. The number of carbonyl (C=O) groups excluding carboxylic acids is 2. The van der Waals surface area contributed by atoms with Crippen LogP contribution in [0.5, 0.6) is 0 Å². The van der Waals surface area contributed by atoms with Crippen LogP contribution in [0.4, 0.5) is 10.6 Å². The number of hydrogen-bond donors (Lipinski definition) is 5. The number of amidine groups is 1. The van der Waals surface area contributed by atoms with E-state index in [4.69, 9.17) is 10.8 Å². The molecule has 1 aliphatic rings. The Labute approximate surface area is 191 Å². The summed E-state index contributed by atoms with van der Waals surface area (Å²) in [7, 11) is 0. The first-order valence-corrected chi connectivity index (χ1v) is 10.7. The summed E-state index contributed by atoms with van der Waals surface area (Å²) in [5.41, 5.74) is 2.32. The molecule has 2 aromatic rings. The molecule has 3 heterocycles. The van der Waals surface area contributed by atoms with Gasteiger partial charge in [-0.25, -0.2) is 9.78 Å². The van der Waals surface area contributed by atoms with Crippen molar-refractivity contribution in [2.45, 2.75) is 32.9 Å². The van der Waals surface area contributed by atoms with Crippen molar-refractivity contribution in [1.29, 1.82) is 10.8 Å². The number of urea groups is 1. The zero-order chi connectivity index (χ0) is 24.0. The van der Waals surface area contributed by atoms with Crippen LogP contribution in [0, 0.1) is 10.8 Å². The predicted molar refractivity (Wildman–Crippen MR) is 124 cm³/mol. The molecule has 0 fully saturated rings. The number of aliphatic hydroxyl groups is 1. The number of pyridine rings is 2. The average Bonchev–Trinajstić information content (AvgIpc) is 2.83. The molecule has 1 unspecified atom stereocenters. The molecule has 5 N–H and O–H groups in total. The van der Waals surface area contributed by atoms with Gasteiger partial charge in [-0.1, -0.05) is 6.07 Å². The van der Waals surface area contributed by atoms with Gasteiger partial charge in [-0.2, -0.15) is 0 Å². The van der Waals surface area contributed by atoms with E-state index in [1.165, 1.54) is 4.90 Å². The van der Waals surface area contributed by atoms with E-state index in [0.29, 0.717) is 26.1 Å². The van der Waals surface area contributed by atoms with Crippen LogP contribution in [0.2, 0.25) is 0 Å². The van der Waals surface area contributed by atoms with Crippen LogP contribution in [-0.4, -0.2) is 74.7 Å². The van der Waals surface area contributed by atoms with E-state index >= 15 is 0 Å². The Balaban J connectivity index is 1.74. The second kappa shape index (κ2) is 10.6. The highest BCUT2D eigenvalue weighted by Gasteiger charge is 2.22. The van der Waals surface area contributed by atoms with Crippen LogP contribution in [0.25, 0.3) is 0 Å². The summed E-state index contributed by atoms with van der Waals surface area (Å²) in [5, 5.41) is 30.6. The van der Waals surface area contributed by atoms with Crippen molar-refractivity contribution in [2.24, 2.45) is 0 Å². The van der Waals surface area contributed by atoms with Crippen LogP contribution < -0.4 is 10.6 Å². The molecule has 33 heavy (non-hydrogen) atoms. The fourth-order valence-corrected chi connectivity index (χ4v) is 3.45. The van der Waals surface area contributed by atoms with Gasteiger partial charge in [-0.05, 0) is 49.6 Å². The van der Waals surface area contributed by atoms with Crippen molar-refractivity contribution in [3.8, 4) is 0 Å². The number of amides is 3. The first-order chi connectivity index (χ1) is 15.9. The summed E-state index contributed by atoms with van der Waals surface area (Å²) >= 11 is 0. The van der Waals surface area contributed by atoms with E-state index in [-0.39, 0.29) is 35.7 Å². The number of hydrogen-bond acceptors (Lipinski definition) is 7. The van der Waals surface area contributed by atoms with Gasteiger partial charge in [0, 0.05) is 25.8 Å². The quantitative estimate of drug-likeness (QED) is 0.316. The number of carbonyl (C=O) groups is 2. The van der Waals surface area contributed by atoms with Gasteiger partial charge < -0.3 is 25.5 Å². The lowest BCUT2D eigenvalue weighted by atomic mass is 10.0. The second-order valence-electron chi connectivity index (χ2n) is 7.62. The van der Waals surface area contributed by atoms with E-state index < -0.39 is 11.9 Å². The summed E-state index contributed by atoms with van der Waals surface area (Å²) in [5.74, 6) is -0.302. The molecule has 2 aromatic heterocycles. The molecule has 0 saturated carbocycles. The highest BCUT2D eigenvalue weighted by Crippen LogP contribution is 2.20. The highest BCUT2D eigenvalue weighted by atomic mass is 16.3. The summed E-state index contributed by atoms with van der Waals surface area (Å²) in [4.78, 5) is 36.5. The second-order valence-corrected chi connectivity index (χ2v) is 7.62.